The Labute approximate surface area is 84.0 Å². The highest BCUT2D eigenvalue weighted by atomic mass is 16.5. The van der Waals surface area contributed by atoms with Gasteiger partial charge < -0.3 is 14.9 Å². The van der Waals surface area contributed by atoms with Gasteiger partial charge in [-0.05, 0) is 18.1 Å². The second-order valence-electron chi connectivity index (χ2n) is 3.16. The number of aliphatic hydroxyl groups excluding tert-OH is 1. The van der Waals surface area contributed by atoms with Gasteiger partial charge in [-0.15, -0.1) is 0 Å². The molecule has 0 atom stereocenters. The predicted octanol–water partition coefficient (Wildman–Crippen LogP) is 1.85. The Hall–Kier alpha value is -1.22. The molecule has 78 valence electrons. The lowest BCUT2D eigenvalue weighted by Gasteiger charge is -2.12. The lowest BCUT2D eigenvalue weighted by atomic mass is 10.0. The minimum absolute atomic E-state index is 0.0800. The fraction of sp³-hybridized carbons (Fsp3) is 0.455. The van der Waals surface area contributed by atoms with Crippen LogP contribution in [0.5, 0.6) is 11.5 Å². The molecule has 0 aliphatic heterocycles. The largest absolute Gasteiger partial charge is 0.504 e. The number of ether oxygens (including phenoxy) is 1. The van der Waals surface area contributed by atoms with E-state index in [2.05, 4.69) is 6.92 Å². The van der Waals surface area contributed by atoms with Crippen LogP contribution in [0.15, 0.2) is 12.1 Å². The lowest BCUT2D eigenvalue weighted by molar-refractivity contribution is 0.269. The zero-order valence-electron chi connectivity index (χ0n) is 8.58. The minimum Gasteiger partial charge on any atom is -0.504 e. The molecule has 0 bridgehead atoms. The molecule has 0 heterocycles. The monoisotopic (exact) mass is 196 g/mol. The van der Waals surface area contributed by atoms with E-state index < -0.39 is 0 Å². The van der Waals surface area contributed by atoms with E-state index in [1.54, 1.807) is 6.07 Å². The molecule has 14 heavy (non-hydrogen) atoms. The Morgan fingerprint density at radius 3 is 2.57 bits per heavy atom. The molecule has 0 radical (unpaired) electrons. The van der Waals surface area contributed by atoms with E-state index in [4.69, 9.17) is 4.74 Å². The number of rotatable bonds is 4. The Bertz CT molecular complexity index is 308. The first-order chi connectivity index (χ1) is 6.74. The van der Waals surface area contributed by atoms with Crippen molar-refractivity contribution in [2.24, 2.45) is 0 Å². The summed E-state index contributed by atoms with van der Waals surface area (Å²) < 4.78 is 5.04. The van der Waals surface area contributed by atoms with Gasteiger partial charge in [0.05, 0.1) is 13.7 Å². The predicted molar refractivity (Wildman–Crippen MR) is 54.6 cm³/mol. The molecule has 0 aliphatic rings. The smallest absolute Gasteiger partial charge is 0.166 e. The summed E-state index contributed by atoms with van der Waals surface area (Å²) in [6.45, 7) is 1.97. The molecule has 0 saturated heterocycles. The molecule has 0 amide bonds. The summed E-state index contributed by atoms with van der Waals surface area (Å²) in [5.41, 5.74) is 1.72. The average molecular weight is 196 g/mol. The summed E-state index contributed by atoms with van der Waals surface area (Å²) >= 11 is 0. The van der Waals surface area contributed by atoms with Crippen molar-refractivity contribution in [1.82, 2.24) is 0 Å². The highest BCUT2D eigenvalue weighted by Gasteiger charge is 2.11. The zero-order chi connectivity index (χ0) is 10.6. The van der Waals surface area contributed by atoms with E-state index in [9.17, 15) is 10.2 Å². The van der Waals surface area contributed by atoms with Crippen molar-refractivity contribution < 1.29 is 14.9 Å². The Morgan fingerprint density at radius 2 is 2.07 bits per heavy atom. The maximum absolute atomic E-state index is 9.48. The lowest BCUT2D eigenvalue weighted by Crippen LogP contribution is -1.98. The number of aryl methyl sites for hydroxylation is 1. The molecule has 0 fully saturated rings. The highest BCUT2D eigenvalue weighted by Crippen LogP contribution is 2.32. The van der Waals surface area contributed by atoms with Gasteiger partial charge in [-0.2, -0.15) is 0 Å². The Morgan fingerprint density at radius 1 is 1.36 bits per heavy atom. The molecule has 3 heteroatoms. The van der Waals surface area contributed by atoms with Crippen molar-refractivity contribution in [3.63, 3.8) is 0 Å². The SMILES string of the molecule is CCCc1ccc(O)c(OC)c1CO. The van der Waals surface area contributed by atoms with E-state index in [0.717, 1.165) is 18.4 Å². The summed E-state index contributed by atoms with van der Waals surface area (Å²) in [5, 5.41) is 18.7. The quantitative estimate of drug-likeness (QED) is 0.772. The summed E-state index contributed by atoms with van der Waals surface area (Å²) in [6, 6.07) is 3.43. The molecular formula is C11H16O3. The second-order valence-corrected chi connectivity index (χ2v) is 3.16. The third-order valence-corrected chi connectivity index (χ3v) is 2.22. The van der Waals surface area contributed by atoms with Crippen molar-refractivity contribution in [1.29, 1.82) is 0 Å². The van der Waals surface area contributed by atoms with Crippen molar-refractivity contribution in [2.75, 3.05) is 7.11 Å². The van der Waals surface area contributed by atoms with E-state index in [0.29, 0.717) is 11.3 Å². The van der Waals surface area contributed by atoms with Crippen LogP contribution in [0.2, 0.25) is 0 Å². The maximum Gasteiger partial charge on any atom is 0.166 e. The van der Waals surface area contributed by atoms with Gasteiger partial charge in [0.15, 0.2) is 11.5 Å². The first kappa shape index (κ1) is 10.9. The number of phenolic OH excluding ortho intramolecular Hbond substituents is 1. The van der Waals surface area contributed by atoms with E-state index in [1.807, 2.05) is 6.07 Å². The molecule has 0 unspecified atom stereocenters. The first-order valence-electron chi connectivity index (χ1n) is 4.73. The Kier molecular flexibility index (Phi) is 3.77. The van der Waals surface area contributed by atoms with Crippen molar-refractivity contribution in [2.45, 2.75) is 26.4 Å². The van der Waals surface area contributed by atoms with Crippen LogP contribution < -0.4 is 4.74 Å². The third kappa shape index (κ3) is 1.99. The standard InChI is InChI=1S/C11H16O3/c1-3-4-8-5-6-10(13)11(14-2)9(8)7-12/h5-6,12-13H,3-4,7H2,1-2H3. The molecule has 0 aromatic heterocycles. The number of benzene rings is 1. The van der Waals surface area contributed by atoms with Gasteiger partial charge in [-0.3, -0.25) is 0 Å². The molecule has 3 nitrogen and oxygen atoms in total. The number of aromatic hydroxyl groups is 1. The van der Waals surface area contributed by atoms with Crippen molar-refractivity contribution >= 4 is 0 Å². The van der Waals surface area contributed by atoms with Crippen LogP contribution in [0, 0.1) is 0 Å². The molecule has 1 aromatic carbocycles. The van der Waals surface area contributed by atoms with E-state index >= 15 is 0 Å². The van der Waals surface area contributed by atoms with Crippen LogP contribution in [0.3, 0.4) is 0 Å². The average Bonchev–Trinajstić information content (AvgIpc) is 2.20. The van der Waals surface area contributed by atoms with Crippen LogP contribution in [-0.4, -0.2) is 17.3 Å². The summed E-state index contributed by atoms with van der Waals surface area (Å²) in [5.74, 6) is 0.467. The normalized spacial score (nSPS) is 10.2. The molecule has 1 rings (SSSR count). The summed E-state index contributed by atoms with van der Waals surface area (Å²) in [4.78, 5) is 0. The van der Waals surface area contributed by atoms with Crippen LogP contribution in [0.4, 0.5) is 0 Å². The van der Waals surface area contributed by atoms with Crippen molar-refractivity contribution in [3.05, 3.63) is 23.3 Å². The van der Waals surface area contributed by atoms with Gasteiger partial charge in [0.1, 0.15) is 0 Å². The molecule has 0 spiro atoms. The summed E-state index contributed by atoms with van der Waals surface area (Å²) in [7, 11) is 1.49. The topological polar surface area (TPSA) is 49.7 Å². The summed E-state index contributed by atoms with van der Waals surface area (Å²) in [6.07, 6.45) is 1.88. The third-order valence-electron chi connectivity index (χ3n) is 2.22. The van der Waals surface area contributed by atoms with Gasteiger partial charge in [0.2, 0.25) is 0 Å². The number of hydrogen-bond acceptors (Lipinski definition) is 3. The van der Waals surface area contributed by atoms with Crippen LogP contribution in [0.25, 0.3) is 0 Å². The molecule has 1 aromatic rings. The number of aliphatic hydroxyl groups is 1. The highest BCUT2D eigenvalue weighted by molar-refractivity contribution is 5.49. The second kappa shape index (κ2) is 4.86. The fourth-order valence-electron chi connectivity index (χ4n) is 1.56. The zero-order valence-corrected chi connectivity index (χ0v) is 8.58. The first-order valence-corrected chi connectivity index (χ1v) is 4.73. The minimum atomic E-state index is -0.104. The van der Waals surface area contributed by atoms with Crippen LogP contribution >= 0.6 is 0 Å². The van der Waals surface area contributed by atoms with Crippen LogP contribution in [0.1, 0.15) is 24.5 Å². The van der Waals surface area contributed by atoms with Crippen molar-refractivity contribution in [3.8, 4) is 11.5 Å². The maximum atomic E-state index is 9.48. The molecular weight excluding hydrogens is 180 g/mol. The van der Waals surface area contributed by atoms with E-state index in [1.165, 1.54) is 7.11 Å². The fourth-order valence-corrected chi connectivity index (χ4v) is 1.56. The van der Waals surface area contributed by atoms with Gasteiger partial charge >= 0.3 is 0 Å². The van der Waals surface area contributed by atoms with Gasteiger partial charge in [-0.25, -0.2) is 0 Å². The molecule has 2 N–H and O–H groups in total. The van der Waals surface area contributed by atoms with Gasteiger partial charge in [-0.1, -0.05) is 19.4 Å². The Balaban J connectivity index is 3.18. The number of phenols is 1. The molecule has 0 saturated carbocycles. The van der Waals surface area contributed by atoms with Gasteiger partial charge in [0, 0.05) is 5.56 Å². The number of methoxy groups -OCH3 is 1. The van der Waals surface area contributed by atoms with Gasteiger partial charge in [0.25, 0.3) is 0 Å². The van der Waals surface area contributed by atoms with Crippen LogP contribution in [-0.2, 0) is 13.0 Å². The van der Waals surface area contributed by atoms with E-state index in [-0.39, 0.29) is 12.4 Å². The molecule has 0 aliphatic carbocycles. The number of hydrogen-bond donors (Lipinski definition) is 2.